The molecule has 1 fully saturated rings. The largest absolute Gasteiger partial charge is 0.381 e. The first kappa shape index (κ1) is 22.8. The van der Waals surface area contributed by atoms with Crippen molar-refractivity contribution in [3.63, 3.8) is 0 Å². The SMILES string of the molecule is COC1(c2cccc(Sc3ccc(S(=O)(=O)Nc4ccc(F)cc4)cc3)c2)CCOCC1. The molecule has 0 bridgehead atoms. The van der Waals surface area contributed by atoms with Crippen molar-refractivity contribution in [2.24, 2.45) is 0 Å². The molecule has 5 nitrogen and oxygen atoms in total. The molecular weight excluding hydrogens is 449 g/mol. The van der Waals surface area contributed by atoms with E-state index in [-0.39, 0.29) is 10.5 Å². The van der Waals surface area contributed by atoms with Crippen LogP contribution in [0.1, 0.15) is 18.4 Å². The molecule has 0 spiro atoms. The maximum atomic E-state index is 13.0. The predicted molar refractivity (Wildman–Crippen MR) is 123 cm³/mol. The molecule has 3 aromatic rings. The zero-order valence-corrected chi connectivity index (χ0v) is 19.2. The number of sulfonamides is 1. The summed E-state index contributed by atoms with van der Waals surface area (Å²) in [6, 6.07) is 20.1. The molecule has 1 aliphatic rings. The van der Waals surface area contributed by atoms with E-state index in [4.69, 9.17) is 9.47 Å². The van der Waals surface area contributed by atoms with Crippen molar-refractivity contribution in [3.8, 4) is 0 Å². The van der Waals surface area contributed by atoms with Crippen LogP contribution in [-0.2, 0) is 25.1 Å². The van der Waals surface area contributed by atoms with Crippen molar-refractivity contribution in [2.75, 3.05) is 25.0 Å². The molecule has 0 atom stereocenters. The molecule has 1 heterocycles. The van der Waals surface area contributed by atoms with Gasteiger partial charge in [-0.3, -0.25) is 4.72 Å². The van der Waals surface area contributed by atoms with Gasteiger partial charge >= 0.3 is 0 Å². The van der Waals surface area contributed by atoms with Gasteiger partial charge in [0.1, 0.15) is 5.82 Å². The second kappa shape index (κ2) is 9.62. The smallest absolute Gasteiger partial charge is 0.261 e. The van der Waals surface area contributed by atoms with E-state index >= 15 is 0 Å². The van der Waals surface area contributed by atoms with Crippen LogP contribution < -0.4 is 4.72 Å². The fourth-order valence-corrected chi connectivity index (χ4v) is 5.65. The van der Waals surface area contributed by atoms with Gasteiger partial charge in [-0.05, 0) is 66.2 Å². The standard InChI is InChI=1S/C24H24FNO4S2/c1-29-24(13-15-30-16-14-24)18-3-2-4-22(17-18)31-21-9-11-23(12-10-21)32(27,28)26-20-7-5-19(25)6-8-20/h2-12,17,26H,13-16H2,1H3. The molecule has 1 N–H and O–H groups in total. The topological polar surface area (TPSA) is 64.6 Å². The lowest BCUT2D eigenvalue weighted by Gasteiger charge is -2.36. The molecule has 0 radical (unpaired) electrons. The third-order valence-corrected chi connectivity index (χ3v) is 7.91. The van der Waals surface area contributed by atoms with Gasteiger partial charge in [0.2, 0.25) is 0 Å². The number of halogens is 1. The summed E-state index contributed by atoms with van der Waals surface area (Å²) in [5, 5.41) is 0. The highest BCUT2D eigenvalue weighted by molar-refractivity contribution is 7.99. The van der Waals surface area contributed by atoms with Crippen LogP contribution in [0.4, 0.5) is 10.1 Å². The van der Waals surface area contributed by atoms with Crippen LogP contribution in [0.5, 0.6) is 0 Å². The van der Waals surface area contributed by atoms with Crippen LogP contribution >= 0.6 is 11.8 Å². The molecule has 0 aliphatic carbocycles. The monoisotopic (exact) mass is 473 g/mol. The Morgan fingerprint density at radius 1 is 0.969 bits per heavy atom. The van der Waals surface area contributed by atoms with Gasteiger partial charge in [0, 0.05) is 48.6 Å². The fourth-order valence-electron chi connectivity index (χ4n) is 3.71. The van der Waals surface area contributed by atoms with E-state index in [0.717, 1.165) is 28.2 Å². The molecule has 0 unspecified atom stereocenters. The Labute approximate surface area is 192 Å². The Hall–Kier alpha value is -2.39. The summed E-state index contributed by atoms with van der Waals surface area (Å²) >= 11 is 1.56. The third-order valence-electron chi connectivity index (χ3n) is 5.52. The molecule has 1 saturated heterocycles. The summed E-state index contributed by atoms with van der Waals surface area (Å²) < 4.78 is 52.1. The summed E-state index contributed by atoms with van der Waals surface area (Å²) in [4.78, 5) is 2.10. The number of ether oxygens (including phenoxy) is 2. The second-order valence-corrected chi connectivity index (χ2v) is 10.4. The number of anilines is 1. The molecule has 32 heavy (non-hydrogen) atoms. The van der Waals surface area contributed by atoms with Crippen molar-refractivity contribution in [3.05, 3.63) is 84.2 Å². The minimum Gasteiger partial charge on any atom is -0.381 e. The van der Waals surface area contributed by atoms with E-state index < -0.39 is 15.8 Å². The van der Waals surface area contributed by atoms with Crippen LogP contribution in [0.3, 0.4) is 0 Å². The maximum Gasteiger partial charge on any atom is 0.261 e. The maximum absolute atomic E-state index is 13.0. The zero-order chi connectivity index (χ0) is 22.6. The zero-order valence-electron chi connectivity index (χ0n) is 17.6. The van der Waals surface area contributed by atoms with Gasteiger partial charge in [-0.15, -0.1) is 0 Å². The van der Waals surface area contributed by atoms with Crippen molar-refractivity contribution in [1.29, 1.82) is 0 Å². The van der Waals surface area contributed by atoms with Crippen molar-refractivity contribution < 1.29 is 22.3 Å². The predicted octanol–water partition coefficient (Wildman–Crippen LogP) is 5.43. The molecule has 1 aliphatic heterocycles. The average Bonchev–Trinajstić information content (AvgIpc) is 2.81. The molecule has 0 aromatic heterocycles. The summed E-state index contributed by atoms with van der Waals surface area (Å²) in [6.45, 7) is 1.35. The minimum atomic E-state index is -3.76. The van der Waals surface area contributed by atoms with E-state index in [1.165, 1.54) is 24.3 Å². The lowest BCUT2D eigenvalue weighted by Crippen LogP contribution is -2.35. The quantitative estimate of drug-likeness (QED) is 0.496. The summed E-state index contributed by atoms with van der Waals surface area (Å²) in [7, 11) is -2.02. The summed E-state index contributed by atoms with van der Waals surface area (Å²) in [5.74, 6) is -0.424. The molecule has 0 saturated carbocycles. The van der Waals surface area contributed by atoms with E-state index in [2.05, 4.69) is 16.9 Å². The highest BCUT2D eigenvalue weighted by Crippen LogP contribution is 2.38. The third kappa shape index (κ3) is 5.15. The highest BCUT2D eigenvalue weighted by atomic mass is 32.2. The molecule has 0 amide bonds. The van der Waals surface area contributed by atoms with E-state index in [1.807, 2.05) is 12.1 Å². The van der Waals surface area contributed by atoms with Crippen LogP contribution in [0, 0.1) is 5.82 Å². The number of hydrogen-bond acceptors (Lipinski definition) is 5. The number of benzene rings is 3. The molecule has 4 rings (SSSR count). The number of nitrogens with one attached hydrogen (secondary N) is 1. The van der Waals surface area contributed by atoms with E-state index in [1.54, 1.807) is 43.1 Å². The van der Waals surface area contributed by atoms with Gasteiger partial charge in [0.15, 0.2) is 0 Å². The van der Waals surface area contributed by atoms with Crippen LogP contribution in [-0.4, -0.2) is 28.7 Å². The normalized spacial score (nSPS) is 15.9. The summed E-state index contributed by atoms with van der Waals surface area (Å²) in [6.07, 6.45) is 1.62. The van der Waals surface area contributed by atoms with Gasteiger partial charge in [0.25, 0.3) is 10.0 Å². The fraction of sp³-hybridized carbons (Fsp3) is 0.250. The highest BCUT2D eigenvalue weighted by Gasteiger charge is 2.34. The van der Waals surface area contributed by atoms with Gasteiger partial charge in [-0.25, -0.2) is 12.8 Å². The van der Waals surface area contributed by atoms with Gasteiger partial charge < -0.3 is 9.47 Å². The Balaban J connectivity index is 1.48. The van der Waals surface area contributed by atoms with Gasteiger partial charge in [-0.1, -0.05) is 23.9 Å². The molecular formula is C24H24FNO4S2. The van der Waals surface area contributed by atoms with E-state index in [9.17, 15) is 12.8 Å². The first-order valence-corrected chi connectivity index (χ1v) is 12.5. The number of rotatable bonds is 7. The lowest BCUT2D eigenvalue weighted by molar-refractivity contribution is -0.0948. The van der Waals surface area contributed by atoms with Crippen molar-refractivity contribution >= 4 is 27.5 Å². The van der Waals surface area contributed by atoms with Gasteiger partial charge in [-0.2, -0.15) is 0 Å². The Bertz CT molecular complexity index is 1160. The Morgan fingerprint density at radius 2 is 1.66 bits per heavy atom. The average molecular weight is 474 g/mol. The van der Waals surface area contributed by atoms with Crippen LogP contribution in [0.15, 0.2) is 87.5 Å². The summed E-state index contributed by atoms with van der Waals surface area (Å²) in [5.41, 5.74) is 1.09. The number of hydrogen-bond donors (Lipinski definition) is 1. The molecule has 168 valence electrons. The minimum absolute atomic E-state index is 0.139. The second-order valence-electron chi connectivity index (χ2n) is 7.52. The first-order valence-electron chi connectivity index (χ1n) is 10.2. The Morgan fingerprint density at radius 3 is 2.31 bits per heavy atom. The van der Waals surface area contributed by atoms with E-state index in [0.29, 0.717) is 18.9 Å². The Kier molecular flexibility index (Phi) is 6.85. The van der Waals surface area contributed by atoms with Crippen molar-refractivity contribution in [2.45, 2.75) is 33.1 Å². The van der Waals surface area contributed by atoms with Crippen LogP contribution in [0.25, 0.3) is 0 Å². The first-order chi connectivity index (χ1) is 15.4. The molecule has 3 aromatic carbocycles. The van der Waals surface area contributed by atoms with Crippen LogP contribution in [0.2, 0.25) is 0 Å². The number of methoxy groups -OCH3 is 1. The molecule has 8 heteroatoms. The lowest BCUT2D eigenvalue weighted by atomic mass is 9.86. The van der Waals surface area contributed by atoms with Gasteiger partial charge in [0.05, 0.1) is 10.5 Å². The van der Waals surface area contributed by atoms with Crippen molar-refractivity contribution in [1.82, 2.24) is 0 Å².